The van der Waals surface area contributed by atoms with E-state index in [1.807, 2.05) is 59.5 Å². The van der Waals surface area contributed by atoms with Gasteiger partial charge in [0.2, 0.25) is 0 Å². The Balaban J connectivity index is 1.52. The van der Waals surface area contributed by atoms with Gasteiger partial charge in [0, 0.05) is 18.3 Å². The van der Waals surface area contributed by atoms with Crippen LogP contribution in [0.4, 0.5) is 0 Å². The average Bonchev–Trinajstić information content (AvgIpc) is 3.16. The molecule has 25 heavy (non-hydrogen) atoms. The molecule has 1 N–H and O–H groups in total. The molecule has 1 amide bonds. The monoisotopic (exact) mass is 333 g/mol. The van der Waals surface area contributed by atoms with E-state index in [0.29, 0.717) is 5.56 Å². The molecule has 0 bridgehead atoms. The molecule has 2 heterocycles. The van der Waals surface area contributed by atoms with Crippen LogP contribution in [-0.2, 0) is 0 Å². The summed E-state index contributed by atoms with van der Waals surface area (Å²) < 4.78 is 5.29. The van der Waals surface area contributed by atoms with Crippen molar-refractivity contribution < 1.29 is 9.53 Å². The van der Waals surface area contributed by atoms with Gasteiger partial charge in [0.15, 0.2) is 0 Å². The maximum atomic E-state index is 12.8. The minimum absolute atomic E-state index is 0.0650. The van der Waals surface area contributed by atoms with Crippen molar-refractivity contribution in [3.8, 4) is 17.0 Å². The molecule has 1 aliphatic rings. The third-order valence-electron chi connectivity index (χ3n) is 4.70. The van der Waals surface area contributed by atoms with Gasteiger partial charge in [0.05, 0.1) is 18.8 Å². The van der Waals surface area contributed by atoms with E-state index in [9.17, 15) is 4.79 Å². The van der Waals surface area contributed by atoms with Crippen LogP contribution in [-0.4, -0.2) is 34.7 Å². The zero-order valence-electron chi connectivity index (χ0n) is 14.0. The summed E-state index contributed by atoms with van der Waals surface area (Å²) in [6, 6.07) is 17.6. The zero-order chi connectivity index (χ0) is 17.2. The van der Waals surface area contributed by atoms with Crippen molar-refractivity contribution in [3.63, 3.8) is 0 Å². The molecule has 5 nitrogen and oxygen atoms in total. The van der Waals surface area contributed by atoms with E-state index >= 15 is 0 Å². The van der Waals surface area contributed by atoms with Crippen molar-refractivity contribution in [1.29, 1.82) is 0 Å². The largest absolute Gasteiger partial charge is 0.497 e. The quantitative estimate of drug-likeness (QED) is 0.792. The van der Waals surface area contributed by atoms with Crippen molar-refractivity contribution in [3.05, 3.63) is 71.9 Å². The Hall–Kier alpha value is -3.08. The van der Waals surface area contributed by atoms with E-state index in [2.05, 4.69) is 10.2 Å². The number of likely N-dealkylation sites (tertiary alicyclic amines) is 1. The van der Waals surface area contributed by atoms with Gasteiger partial charge in [-0.2, -0.15) is 5.10 Å². The number of methoxy groups -OCH3 is 1. The summed E-state index contributed by atoms with van der Waals surface area (Å²) in [6.45, 7) is 0.781. The Kier molecular flexibility index (Phi) is 3.98. The van der Waals surface area contributed by atoms with Crippen molar-refractivity contribution in [1.82, 2.24) is 15.1 Å². The molecule has 1 saturated heterocycles. The Labute approximate surface area is 146 Å². The van der Waals surface area contributed by atoms with Crippen LogP contribution in [0.3, 0.4) is 0 Å². The molecule has 4 rings (SSSR count). The maximum absolute atomic E-state index is 12.8. The molecule has 3 aromatic rings. The van der Waals surface area contributed by atoms with Gasteiger partial charge in [-0.15, -0.1) is 0 Å². The normalized spacial score (nSPS) is 16.4. The number of carbonyl (C=O) groups excluding carboxylic acids is 1. The third kappa shape index (κ3) is 2.89. The number of rotatable bonds is 4. The molecule has 126 valence electrons. The standard InChI is InChI=1S/C20H19N3O2/c1-25-17-4-2-3-16(13-17)19-10-12-23(19)20(24)15-7-5-14(6-8-15)18-9-11-21-22-18/h2-9,11,13,19H,10,12H2,1H3,(H,21,22). The molecule has 1 aliphatic heterocycles. The predicted octanol–water partition coefficient (Wildman–Crippen LogP) is 3.67. The lowest BCUT2D eigenvalue weighted by Crippen LogP contribution is -2.45. The summed E-state index contributed by atoms with van der Waals surface area (Å²) in [4.78, 5) is 14.8. The molecule has 2 aromatic carbocycles. The summed E-state index contributed by atoms with van der Waals surface area (Å²) in [5.41, 5.74) is 3.78. The zero-order valence-corrected chi connectivity index (χ0v) is 14.0. The number of benzene rings is 2. The van der Waals surface area contributed by atoms with Gasteiger partial charge in [0.1, 0.15) is 5.75 Å². The predicted molar refractivity (Wildman–Crippen MR) is 95.4 cm³/mol. The highest BCUT2D eigenvalue weighted by Crippen LogP contribution is 2.35. The number of amides is 1. The highest BCUT2D eigenvalue weighted by atomic mass is 16.5. The summed E-state index contributed by atoms with van der Waals surface area (Å²) in [5, 5.41) is 6.88. The Bertz CT molecular complexity index is 872. The number of aromatic nitrogens is 2. The molecule has 0 spiro atoms. The SMILES string of the molecule is COc1cccc(C2CCN2C(=O)c2ccc(-c3ccn[nH]3)cc2)c1. The lowest BCUT2D eigenvalue weighted by atomic mass is 9.93. The molecule has 5 heteroatoms. The number of H-pyrrole nitrogens is 1. The van der Waals surface area contributed by atoms with Crippen LogP contribution < -0.4 is 4.74 Å². The van der Waals surface area contributed by atoms with Crippen LogP contribution in [0.1, 0.15) is 28.4 Å². The van der Waals surface area contributed by atoms with E-state index in [1.165, 1.54) is 0 Å². The van der Waals surface area contributed by atoms with Crippen LogP contribution in [0.25, 0.3) is 11.3 Å². The first-order valence-electron chi connectivity index (χ1n) is 8.31. The average molecular weight is 333 g/mol. The fraction of sp³-hybridized carbons (Fsp3) is 0.200. The number of carbonyl (C=O) groups is 1. The van der Waals surface area contributed by atoms with Gasteiger partial charge in [-0.05, 0) is 47.9 Å². The summed E-state index contributed by atoms with van der Waals surface area (Å²) >= 11 is 0. The van der Waals surface area contributed by atoms with E-state index in [4.69, 9.17) is 4.74 Å². The van der Waals surface area contributed by atoms with Gasteiger partial charge in [-0.1, -0.05) is 24.3 Å². The second kappa shape index (κ2) is 6.43. The number of ether oxygens (including phenoxy) is 1. The van der Waals surface area contributed by atoms with Gasteiger partial charge in [-0.25, -0.2) is 0 Å². The maximum Gasteiger partial charge on any atom is 0.254 e. The minimum atomic E-state index is 0.0650. The number of hydrogen-bond acceptors (Lipinski definition) is 3. The fourth-order valence-corrected chi connectivity index (χ4v) is 3.20. The Morgan fingerprint density at radius 1 is 1.20 bits per heavy atom. The molecular weight excluding hydrogens is 314 g/mol. The molecular formula is C20H19N3O2. The second-order valence-corrected chi connectivity index (χ2v) is 6.13. The first kappa shape index (κ1) is 15.4. The van der Waals surface area contributed by atoms with Crippen LogP contribution >= 0.6 is 0 Å². The summed E-state index contributed by atoms with van der Waals surface area (Å²) in [7, 11) is 1.66. The van der Waals surface area contributed by atoms with Crippen LogP contribution in [0.2, 0.25) is 0 Å². The first-order chi connectivity index (χ1) is 12.3. The smallest absolute Gasteiger partial charge is 0.254 e. The highest BCUT2D eigenvalue weighted by Gasteiger charge is 2.34. The minimum Gasteiger partial charge on any atom is -0.497 e. The Morgan fingerprint density at radius 2 is 2.04 bits per heavy atom. The summed E-state index contributed by atoms with van der Waals surface area (Å²) in [6.07, 6.45) is 2.69. The molecule has 1 atom stereocenters. The molecule has 1 aromatic heterocycles. The molecule has 1 fully saturated rings. The molecule has 0 saturated carbocycles. The van der Waals surface area contributed by atoms with Crippen molar-refractivity contribution in [2.75, 3.05) is 13.7 Å². The number of nitrogens with zero attached hydrogens (tertiary/aromatic N) is 2. The lowest BCUT2D eigenvalue weighted by Gasteiger charge is -2.41. The third-order valence-corrected chi connectivity index (χ3v) is 4.70. The van der Waals surface area contributed by atoms with Crippen LogP contribution in [0.15, 0.2) is 60.8 Å². The van der Waals surface area contributed by atoms with Gasteiger partial charge in [0.25, 0.3) is 5.91 Å². The lowest BCUT2D eigenvalue weighted by molar-refractivity contribution is 0.0460. The summed E-state index contributed by atoms with van der Waals surface area (Å²) in [5.74, 6) is 0.885. The number of aromatic amines is 1. The second-order valence-electron chi connectivity index (χ2n) is 6.13. The molecule has 0 radical (unpaired) electrons. The van der Waals surface area contributed by atoms with Crippen molar-refractivity contribution >= 4 is 5.91 Å². The number of hydrogen-bond donors (Lipinski definition) is 1. The molecule has 0 aliphatic carbocycles. The van der Waals surface area contributed by atoms with Gasteiger partial charge in [-0.3, -0.25) is 9.89 Å². The van der Waals surface area contributed by atoms with Gasteiger partial charge >= 0.3 is 0 Å². The van der Waals surface area contributed by atoms with Crippen LogP contribution in [0, 0.1) is 0 Å². The van der Waals surface area contributed by atoms with Crippen molar-refractivity contribution in [2.24, 2.45) is 0 Å². The fourth-order valence-electron chi connectivity index (χ4n) is 3.20. The van der Waals surface area contributed by atoms with E-state index in [-0.39, 0.29) is 11.9 Å². The van der Waals surface area contributed by atoms with E-state index in [0.717, 1.165) is 35.5 Å². The highest BCUT2D eigenvalue weighted by molar-refractivity contribution is 5.95. The number of nitrogens with one attached hydrogen (secondary N) is 1. The van der Waals surface area contributed by atoms with Gasteiger partial charge < -0.3 is 9.64 Å². The first-order valence-corrected chi connectivity index (χ1v) is 8.31. The van der Waals surface area contributed by atoms with Crippen LogP contribution in [0.5, 0.6) is 5.75 Å². The van der Waals surface area contributed by atoms with E-state index < -0.39 is 0 Å². The molecule has 1 unspecified atom stereocenters. The van der Waals surface area contributed by atoms with Crippen molar-refractivity contribution in [2.45, 2.75) is 12.5 Å². The Morgan fingerprint density at radius 3 is 2.68 bits per heavy atom. The topological polar surface area (TPSA) is 58.2 Å². The van der Waals surface area contributed by atoms with E-state index in [1.54, 1.807) is 13.3 Å².